The van der Waals surface area contributed by atoms with Crippen molar-refractivity contribution >= 4 is 35.1 Å². The summed E-state index contributed by atoms with van der Waals surface area (Å²) in [5.74, 6) is -4.40. The Labute approximate surface area is 203 Å². The zero-order valence-corrected chi connectivity index (χ0v) is 18.8. The SMILES string of the molecule is O=C(O)C(F)(F)F.O=C(O)CN1Cc2ccc(NC(=O)c3ccc(N4CCNCC4)cc3)cc2C1=O. The van der Waals surface area contributed by atoms with Crippen LogP contribution in [0.1, 0.15) is 26.3 Å². The molecule has 2 aromatic rings. The number of halogens is 3. The lowest BCUT2D eigenvalue weighted by atomic mass is 10.1. The van der Waals surface area contributed by atoms with Crippen molar-refractivity contribution in [2.45, 2.75) is 12.7 Å². The minimum absolute atomic E-state index is 0.260. The number of rotatable bonds is 5. The third-order valence-electron chi connectivity index (χ3n) is 5.43. The molecule has 1 fully saturated rings. The number of hydrogen-bond donors (Lipinski definition) is 4. The van der Waals surface area contributed by atoms with Crippen LogP contribution in [-0.4, -0.2) is 77.8 Å². The topological polar surface area (TPSA) is 139 Å². The van der Waals surface area contributed by atoms with E-state index in [-0.39, 0.29) is 24.9 Å². The van der Waals surface area contributed by atoms with Crippen LogP contribution in [-0.2, 0) is 16.1 Å². The number of amides is 2. The van der Waals surface area contributed by atoms with Crippen molar-refractivity contribution in [1.29, 1.82) is 0 Å². The summed E-state index contributed by atoms with van der Waals surface area (Å²) in [6, 6.07) is 12.5. The number of anilines is 2. The van der Waals surface area contributed by atoms with Crippen LogP contribution in [0.2, 0.25) is 0 Å². The molecule has 10 nitrogen and oxygen atoms in total. The first kappa shape index (κ1) is 26.5. The predicted octanol–water partition coefficient (Wildman–Crippen LogP) is 2.02. The number of nitrogens with one attached hydrogen (secondary N) is 2. The van der Waals surface area contributed by atoms with Gasteiger partial charge in [-0.1, -0.05) is 6.07 Å². The van der Waals surface area contributed by atoms with Gasteiger partial charge in [0.2, 0.25) is 0 Å². The number of alkyl halides is 3. The molecule has 0 unspecified atom stereocenters. The molecule has 0 atom stereocenters. The zero-order valence-electron chi connectivity index (χ0n) is 18.8. The van der Waals surface area contributed by atoms with Crippen LogP contribution >= 0.6 is 0 Å². The first-order chi connectivity index (χ1) is 17.0. The van der Waals surface area contributed by atoms with E-state index in [9.17, 15) is 27.6 Å². The highest BCUT2D eigenvalue weighted by atomic mass is 19.4. The van der Waals surface area contributed by atoms with Gasteiger partial charge in [0.05, 0.1) is 0 Å². The Hall–Kier alpha value is -4.13. The van der Waals surface area contributed by atoms with Crippen LogP contribution in [0.15, 0.2) is 42.5 Å². The van der Waals surface area contributed by atoms with Crippen molar-refractivity contribution in [2.75, 3.05) is 42.9 Å². The van der Waals surface area contributed by atoms with E-state index in [0.29, 0.717) is 16.8 Å². The summed E-state index contributed by atoms with van der Waals surface area (Å²) in [7, 11) is 0. The number of hydrogen-bond acceptors (Lipinski definition) is 6. The molecule has 36 heavy (non-hydrogen) atoms. The fourth-order valence-electron chi connectivity index (χ4n) is 3.68. The molecule has 1 saturated heterocycles. The molecular formula is C23H23F3N4O6. The van der Waals surface area contributed by atoms with Gasteiger partial charge in [0.25, 0.3) is 11.8 Å². The summed E-state index contributed by atoms with van der Waals surface area (Å²) in [6.45, 7) is 3.70. The number of nitrogens with zero attached hydrogens (tertiary/aromatic N) is 2. The molecule has 0 bridgehead atoms. The first-order valence-corrected chi connectivity index (χ1v) is 10.8. The molecule has 192 valence electrons. The van der Waals surface area contributed by atoms with Gasteiger partial charge >= 0.3 is 18.1 Å². The zero-order chi connectivity index (χ0) is 26.5. The van der Waals surface area contributed by atoms with Crippen LogP contribution in [0.5, 0.6) is 0 Å². The molecule has 0 aliphatic carbocycles. The van der Waals surface area contributed by atoms with Gasteiger partial charge in [0, 0.05) is 55.2 Å². The van der Waals surface area contributed by atoms with Gasteiger partial charge < -0.3 is 30.6 Å². The predicted molar refractivity (Wildman–Crippen MR) is 122 cm³/mol. The quantitative estimate of drug-likeness (QED) is 0.481. The minimum Gasteiger partial charge on any atom is -0.480 e. The van der Waals surface area contributed by atoms with Crippen molar-refractivity contribution in [1.82, 2.24) is 10.2 Å². The summed E-state index contributed by atoms with van der Waals surface area (Å²) in [5, 5.41) is 22.2. The van der Waals surface area contributed by atoms with Gasteiger partial charge in [-0.25, -0.2) is 4.79 Å². The highest BCUT2D eigenvalue weighted by Crippen LogP contribution is 2.26. The van der Waals surface area contributed by atoms with Crippen LogP contribution < -0.4 is 15.5 Å². The van der Waals surface area contributed by atoms with E-state index in [1.807, 2.05) is 12.1 Å². The van der Waals surface area contributed by atoms with E-state index >= 15 is 0 Å². The first-order valence-electron chi connectivity index (χ1n) is 10.8. The lowest BCUT2D eigenvalue weighted by molar-refractivity contribution is -0.192. The summed E-state index contributed by atoms with van der Waals surface area (Å²) in [5.41, 5.74) is 3.31. The molecule has 0 saturated carbocycles. The van der Waals surface area contributed by atoms with Gasteiger partial charge in [0.1, 0.15) is 6.54 Å². The normalized spacial score (nSPS) is 15.0. The summed E-state index contributed by atoms with van der Waals surface area (Å²) < 4.78 is 31.7. The average molecular weight is 508 g/mol. The van der Waals surface area contributed by atoms with Crippen molar-refractivity contribution in [2.24, 2.45) is 0 Å². The molecule has 4 N–H and O–H groups in total. The standard InChI is InChI=1S/C21H22N4O4.C2HF3O2/c26-19(27)13-25-12-15-1-4-16(11-18(15)21(25)29)23-20(28)14-2-5-17(6-3-14)24-9-7-22-8-10-24;3-2(4,5)1(6)7/h1-6,11,22H,7-10,12-13H2,(H,23,28)(H,26,27);(H,6,7). The Balaban J connectivity index is 0.000000454. The molecule has 2 aromatic carbocycles. The van der Waals surface area contributed by atoms with Crippen LogP contribution in [0, 0.1) is 0 Å². The van der Waals surface area contributed by atoms with Crippen LogP contribution in [0.4, 0.5) is 24.5 Å². The highest BCUT2D eigenvalue weighted by Gasteiger charge is 2.38. The second kappa shape index (κ2) is 11.1. The van der Waals surface area contributed by atoms with E-state index in [2.05, 4.69) is 15.5 Å². The van der Waals surface area contributed by atoms with E-state index in [4.69, 9.17) is 15.0 Å². The average Bonchev–Trinajstić information content (AvgIpc) is 3.13. The number of benzene rings is 2. The largest absolute Gasteiger partial charge is 0.490 e. The monoisotopic (exact) mass is 508 g/mol. The summed E-state index contributed by atoms with van der Waals surface area (Å²) in [4.78, 5) is 48.3. The maximum absolute atomic E-state index is 12.6. The van der Waals surface area contributed by atoms with Gasteiger partial charge in [-0.15, -0.1) is 0 Å². The van der Waals surface area contributed by atoms with Crippen molar-refractivity contribution in [3.8, 4) is 0 Å². The van der Waals surface area contributed by atoms with Crippen LogP contribution in [0.3, 0.4) is 0 Å². The van der Waals surface area contributed by atoms with Crippen molar-refractivity contribution < 1.29 is 42.6 Å². The molecule has 0 aromatic heterocycles. The molecular weight excluding hydrogens is 485 g/mol. The second-order valence-electron chi connectivity index (χ2n) is 7.97. The summed E-state index contributed by atoms with van der Waals surface area (Å²) in [6.07, 6.45) is -5.08. The van der Waals surface area contributed by atoms with Gasteiger partial charge in [0.15, 0.2) is 0 Å². The lowest BCUT2D eigenvalue weighted by Gasteiger charge is -2.29. The maximum Gasteiger partial charge on any atom is 0.490 e. The molecule has 2 amide bonds. The molecule has 2 aliphatic rings. The smallest absolute Gasteiger partial charge is 0.480 e. The second-order valence-corrected chi connectivity index (χ2v) is 7.97. The number of carboxylic acid groups (broad SMARTS) is 2. The Morgan fingerprint density at radius 1 is 1.00 bits per heavy atom. The van der Waals surface area contributed by atoms with E-state index in [1.54, 1.807) is 30.3 Å². The van der Waals surface area contributed by atoms with Gasteiger partial charge in [-0.2, -0.15) is 13.2 Å². The number of piperazine rings is 1. The third kappa shape index (κ3) is 6.72. The minimum atomic E-state index is -5.08. The number of carboxylic acids is 2. The number of fused-ring (bicyclic) bond motifs is 1. The van der Waals surface area contributed by atoms with Gasteiger partial charge in [-0.3, -0.25) is 14.4 Å². The van der Waals surface area contributed by atoms with E-state index in [1.165, 1.54) is 4.90 Å². The van der Waals surface area contributed by atoms with Crippen molar-refractivity contribution in [3.05, 3.63) is 59.2 Å². The molecule has 2 aliphatic heterocycles. The Morgan fingerprint density at radius 2 is 1.61 bits per heavy atom. The Morgan fingerprint density at radius 3 is 2.17 bits per heavy atom. The fourth-order valence-corrected chi connectivity index (χ4v) is 3.68. The molecule has 0 spiro atoms. The van der Waals surface area contributed by atoms with E-state index < -0.39 is 18.1 Å². The van der Waals surface area contributed by atoms with Crippen LogP contribution in [0.25, 0.3) is 0 Å². The molecule has 4 rings (SSSR count). The Bertz CT molecular complexity index is 1150. The van der Waals surface area contributed by atoms with Crippen molar-refractivity contribution in [3.63, 3.8) is 0 Å². The maximum atomic E-state index is 12.6. The van der Waals surface area contributed by atoms with Gasteiger partial charge in [-0.05, 0) is 42.0 Å². The molecule has 0 radical (unpaired) electrons. The number of carbonyl (C=O) groups is 4. The summed E-state index contributed by atoms with van der Waals surface area (Å²) >= 11 is 0. The molecule has 2 heterocycles. The molecule has 13 heteroatoms. The Kier molecular flexibility index (Phi) is 8.14. The highest BCUT2D eigenvalue weighted by molar-refractivity contribution is 6.06. The lowest BCUT2D eigenvalue weighted by Crippen LogP contribution is -2.43. The van der Waals surface area contributed by atoms with E-state index in [0.717, 1.165) is 37.4 Å². The third-order valence-corrected chi connectivity index (χ3v) is 5.43. The number of carbonyl (C=O) groups excluding carboxylic acids is 2. The number of aliphatic carboxylic acids is 2. The fraction of sp³-hybridized carbons (Fsp3) is 0.304.